The van der Waals surface area contributed by atoms with Gasteiger partial charge in [-0.1, -0.05) is 6.42 Å². The fourth-order valence-electron chi connectivity index (χ4n) is 2.98. The lowest BCUT2D eigenvalue weighted by molar-refractivity contribution is -0.156. The van der Waals surface area contributed by atoms with Crippen LogP contribution in [0.15, 0.2) is 23.1 Å². The van der Waals surface area contributed by atoms with E-state index >= 15 is 0 Å². The largest absolute Gasteiger partial charge is 0.460 e. The smallest absolute Gasteiger partial charge is 0.307 e. The molecule has 0 aliphatic carbocycles. The summed E-state index contributed by atoms with van der Waals surface area (Å²) >= 11 is 0. The third-order valence-corrected chi connectivity index (χ3v) is 6.03. The van der Waals surface area contributed by atoms with Gasteiger partial charge in [-0.3, -0.25) is 4.79 Å². The number of ether oxygens (including phenoxy) is 1. The number of rotatable bonds is 4. The van der Waals surface area contributed by atoms with Crippen LogP contribution in [0.25, 0.3) is 0 Å². The molecule has 0 radical (unpaired) electrons. The van der Waals surface area contributed by atoms with E-state index in [9.17, 15) is 17.6 Å². The summed E-state index contributed by atoms with van der Waals surface area (Å²) in [6.45, 7) is 5.44. The first-order chi connectivity index (χ1) is 12.0. The Balaban J connectivity index is 2.28. The molecule has 1 unspecified atom stereocenters. The lowest BCUT2D eigenvalue weighted by Gasteiger charge is -2.34. The number of carbonyl (C=O) groups excluding carboxylic acids is 1. The summed E-state index contributed by atoms with van der Waals surface area (Å²) in [7, 11) is -4.12. The van der Waals surface area contributed by atoms with Crippen molar-refractivity contribution in [2.45, 2.75) is 63.0 Å². The van der Waals surface area contributed by atoms with Crippen LogP contribution >= 0.6 is 0 Å². The molecule has 1 heterocycles. The molecule has 142 valence electrons. The van der Waals surface area contributed by atoms with Gasteiger partial charge < -0.3 is 4.74 Å². The van der Waals surface area contributed by atoms with Gasteiger partial charge in [0.2, 0.25) is 10.0 Å². The van der Waals surface area contributed by atoms with Crippen molar-refractivity contribution >= 4 is 16.0 Å². The first kappa shape index (κ1) is 20.3. The van der Waals surface area contributed by atoms with Gasteiger partial charge in [-0.15, -0.1) is 0 Å². The molecule has 1 fully saturated rings. The topological polar surface area (TPSA) is 87.5 Å². The van der Waals surface area contributed by atoms with Crippen molar-refractivity contribution in [3.63, 3.8) is 0 Å². The van der Waals surface area contributed by atoms with Gasteiger partial charge in [0.25, 0.3) is 0 Å². The molecule has 26 heavy (non-hydrogen) atoms. The number of hydrogen-bond donors (Lipinski definition) is 0. The van der Waals surface area contributed by atoms with Crippen molar-refractivity contribution < 1.29 is 22.3 Å². The Morgan fingerprint density at radius 3 is 2.65 bits per heavy atom. The fraction of sp³-hybridized carbons (Fsp3) is 0.556. The van der Waals surface area contributed by atoms with E-state index in [1.54, 1.807) is 26.8 Å². The second kappa shape index (κ2) is 7.72. The van der Waals surface area contributed by atoms with Crippen LogP contribution in [0.2, 0.25) is 0 Å². The van der Waals surface area contributed by atoms with Crippen LogP contribution < -0.4 is 0 Å². The minimum absolute atomic E-state index is 0.0467. The van der Waals surface area contributed by atoms with Crippen LogP contribution in [0.1, 0.15) is 52.0 Å². The fourth-order valence-corrected chi connectivity index (χ4v) is 4.72. The minimum atomic E-state index is -4.12. The quantitative estimate of drug-likeness (QED) is 0.747. The van der Waals surface area contributed by atoms with Gasteiger partial charge in [-0.2, -0.15) is 9.57 Å². The van der Waals surface area contributed by atoms with Gasteiger partial charge in [0, 0.05) is 12.6 Å². The summed E-state index contributed by atoms with van der Waals surface area (Å²) < 4.78 is 46.6. The Hall–Kier alpha value is -1.98. The van der Waals surface area contributed by atoms with E-state index in [-0.39, 0.29) is 18.5 Å². The van der Waals surface area contributed by atoms with E-state index < -0.39 is 38.3 Å². The van der Waals surface area contributed by atoms with Gasteiger partial charge in [0.05, 0.1) is 18.1 Å². The zero-order chi connectivity index (χ0) is 19.5. The highest BCUT2D eigenvalue weighted by Gasteiger charge is 2.37. The van der Waals surface area contributed by atoms with Crippen molar-refractivity contribution in [3.05, 3.63) is 29.6 Å². The molecule has 0 aromatic heterocycles. The standard InChI is InChI=1S/C18H23FN2O4S/c1-18(2,3)25-17(22)11-14-6-4-5-9-21(14)26(23,24)16-8-7-13(12-20)10-15(16)19/h7-8,10,14H,4-6,9,11H2,1-3H3. The van der Waals surface area contributed by atoms with Crippen LogP contribution in [-0.2, 0) is 19.6 Å². The number of halogens is 1. The Bertz CT molecular complexity index is 825. The van der Waals surface area contributed by atoms with Crippen LogP contribution in [0.5, 0.6) is 0 Å². The third kappa shape index (κ3) is 4.80. The van der Waals surface area contributed by atoms with Crippen molar-refractivity contribution in [3.8, 4) is 6.07 Å². The van der Waals surface area contributed by atoms with E-state index in [2.05, 4.69) is 0 Å². The Morgan fingerprint density at radius 1 is 1.38 bits per heavy atom. The minimum Gasteiger partial charge on any atom is -0.460 e. The Kier molecular flexibility index (Phi) is 6.04. The van der Waals surface area contributed by atoms with Crippen LogP contribution in [0, 0.1) is 17.1 Å². The number of nitriles is 1. The monoisotopic (exact) mass is 382 g/mol. The molecular formula is C18H23FN2O4S. The Labute approximate surface area is 153 Å². The van der Waals surface area contributed by atoms with Gasteiger partial charge in [-0.05, 0) is 51.8 Å². The normalized spacial score (nSPS) is 19.0. The van der Waals surface area contributed by atoms with Crippen LogP contribution in [-0.4, -0.2) is 36.9 Å². The first-order valence-corrected chi connectivity index (χ1v) is 9.92. The number of piperidine rings is 1. The summed E-state index contributed by atoms with van der Waals surface area (Å²) in [5.74, 6) is -1.45. The average Bonchev–Trinajstić information content (AvgIpc) is 2.52. The van der Waals surface area contributed by atoms with Crippen molar-refractivity contribution in [2.75, 3.05) is 6.54 Å². The number of sulfonamides is 1. The highest BCUT2D eigenvalue weighted by atomic mass is 32.2. The molecule has 0 bridgehead atoms. The Morgan fingerprint density at radius 2 is 2.08 bits per heavy atom. The maximum atomic E-state index is 14.3. The molecule has 1 aliphatic rings. The predicted molar refractivity (Wildman–Crippen MR) is 93.1 cm³/mol. The summed E-state index contributed by atoms with van der Waals surface area (Å²) in [5, 5.41) is 8.81. The molecule has 1 aromatic rings. The molecule has 1 atom stereocenters. The van der Waals surface area contributed by atoms with Crippen LogP contribution in [0.4, 0.5) is 4.39 Å². The highest BCUT2D eigenvalue weighted by molar-refractivity contribution is 7.89. The third-order valence-electron chi connectivity index (χ3n) is 4.04. The molecular weight excluding hydrogens is 359 g/mol. The van der Waals surface area contributed by atoms with Crippen LogP contribution in [0.3, 0.4) is 0 Å². The maximum Gasteiger partial charge on any atom is 0.307 e. The lowest BCUT2D eigenvalue weighted by atomic mass is 10.0. The summed E-state index contributed by atoms with van der Waals surface area (Å²) in [6, 6.07) is 4.47. The molecule has 1 aromatic carbocycles. The van der Waals surface area contributed by atoms with Crippen molar-refractivity contribution in [1.82, 2.24) is 4.31 Å². The summed E-state index contributed by atoms with van der Waals surface area (Å²) in [4.78, 5) is 11.7. The molecule has 0 saturated carbocycles. The second-order valence-electron chi connectivity index (χ2n) is 7.31. The number of nitrogens with zero attached hydrogens (tertiary/aromatic N) is 2. The molecule has 0 spiro atoms. The zero-order valence-corrected chi connectivity index (χ0v) is 16.0. The first-order valence-electron chi connectivity index (χ1n) is 8.48. The average molecular weight is 382 g/mol. The van der Waals surface area contributed by atoms with E-state index in [0.717, 1.165) is 18.6 Å². The van der Waals surface area contributed by atoms with E-state index in [1.165, 1.54) is 10.4 Å². The number of benzene rings is 1. The molecule has 1 aliphatic heterocycles. The molecule has 0 amide bonds. The highest BCUT2D eigenvalue weighted by Crippen LogP contribution is 2.29. The van der Waals surface area contributed by atoms with Gasteiger partial charge in [0.15, 0.2) is 0 Å². The molecule has 6 nitrogen and oxygen atoms in total. The summed E-state index contributed by atoms with van der Waals surface area (Å²) in [5.41, 5.74) is -0.611. The molecule has 1 saturated heterocycles. The van der Waals surface area contributed by atoms with Crippen molar-refractivity contribution in [2.24, 2.45) is 0 Å². The summed E-state index contributed by atoms with van der Waals surface area (Å²) in [6.07, 6.45) is 1.86. The van der Waals surface area contributed by atoms with Gasteiger partial charge >= 0.3 is 5.97 Å². The predicted octanol–water partition coefficient (Wildman–Crippen LogP) is 2.97. The van der Waals surface area contributed by atoms with Gasteiger partial charge in [-0.25, -0.2) is 12.8 Å². The zero-order valence-electron chi connectivity index (χ0n) is 15.2. The molecule has 8 heteroatoms. The van der Waals surface area contributed by atoms with E-state index in [0.29, 0.717) is 12.8 Å². The lowest BCUT2D eigenvalue weighted by Crippen LogP contribution is -2.45. The van der Waals surface area contributed by atoms with E-state index in [4.69, 9.17) is 10.00 Å². The number of hydrogen-bond acceptors (Lipinski definition) is 5. The molecule has 0 N–H and O–H groups in total. The second-order valence-corrected chi connectivity index (χ2v) is 9.17. The molecule has 2 rings (SSSR count). The maximum absolute atomic E-state index is 14.3. The van der Waals surface area contributed by atoms with E-state index in [1.807, 2.05) is 0 Å². The van der Waals surface area contributed by atoms with Crippen molar-refractivity contribution in [1.29, 1.82) is 5.26 Å². The SMILES string of the molecule is CC(C)(C)OC(=O)CC1CCCCN1S(=O)(=O)c1ccc(C#N)cc1F. The van der Waals surface area contributed by atoms with Gasteiger partial charge in [0.1, 0.15) is 16.3 Å². The number of carbonyl (C=O) groups is 1. The number of esters is 1.